The highest BCUT2D eigenvalue weighted by molar-refractivity contribution is 5.80. The molecule has 0 radical (unpaired) electrons. The highest BCUT2D eigenvalue weighted by Gasteiger charge is 2.23. The minimum absolute atomic E-state index is 0.661. The topological polar surface area (TPSA) is 31.9 Å². The van der Waals surface area contributed by atoms with E-state index in [1.165, 1.54) is 28.7 Å². The van der Waals surface area contributed by atoms with Gasteiger partial charge in [-0.3, -0.25) is 4.98 Å². The van der Waals surface area contributed by atoms with Crippen LogP contribution in [0.25, 0.3) is 11.0 Å². The molecule has 0 bridgehead atoms. The third-order valence-corrected chi connectivity index (χ3v) is 3.64. The number of rotatable bonds is 1. The van der Waals surface area contributed by atoms with Crippen molar-refractivity contribution in [2.75, 3.05) is 14.1 Å². The number of H-pyrrole nitrogens is 1. The van der Waals surface area contributed by atoms with E-state index < -0.39 is 0 Å². The summed E-state index contributed by atoms with van der Waals surface area (Å²) in [5.74, 6) is 0. The van der Waals surface area contributed by atoms with Crippen molar-refractivity contribution in [2.24, 2.45) is 0 Å². The molecule has 16 heavy (non-hydrogen) atoms. The summed E-state index contributed by atoms with van der Waals surface area (Å²) >= 11 is 0. The quantitative estimate of drug-likeness (QED) is 0.789. The van der Waals surface area contributed by atoms with Gasteiger partial charge in [-0.25, -0.2) is 0 Å². The number of nitrogens with one attached hydrogen (secondary N) is 1. The molecule has 0 aromatic carbocycles. The number of hydrogen-bond acceptors (Lipinski definition) is 2. The minimum Gasteiger partial charge on any atom is -0.357 e. The van der Waals surface area contributed by atoms with E-state index in [-0.39, 0.29) is 0 Å². The Balaban J connectivity index is 2.08. The third kappa shape index (κ3) is 1.43. The summed E-state index contributed by atoms with van der Waals surface area (Å²) in [5, 5.41) is 0. The number of nitrogens with zero attached hydrogens (tertiary/aromatic N) is 2. The Bertz CT molecular complexity index is 513. The summed E-state index contributed by atoms with van der Waals surface area (Å²) in [4.78, 5) is 10.3. The molecule has 0 saturated heterocycles. The lowest BCUT2D eigenvalue weighted by Crippen LogP contribution is -2.33. The van der Waals surface area contributed by atoms with Crippen molar-refractivity contribution < 1.29 is 0 Å². The van der Waals surface area contributed by atoms with E-state index in [1.54, 1.807) is 0 Å². The highest BCUT2D eigenvalue weighted by atomic mass is 15.1. The van der Waals surface area contributed by atoms with E-state index in [0.29, 0.717) is 6.04 Å². The van der Waals surface area contributed by atoms with Crippen molar-refractivity contribution in [3.63, 3.8) is 0 Å². The van der Waals surface area contributed by atoms with Gasteiger partial charge in [0.15, 0.2) is 0 Å². The molecule has 3 nitrogen and oxygen atoms in total. The van der Waals surface area contributed by atoms with Crippen LogP contribution in [0.15, 0.2) is 18.3 Å². The number of aromatic nitrogens is 2. The summed E-state index contributed by atoms with van der Waals surface area (Å²) < 4.78 is 0. The number of hydrogen-bond donors (Lipinski definition) is 1. The molecule has 3 heteroatoms. The largest absolute Gasteiger partial charge is 0.357 e. The van der Waals surface area contributed by atoms with Gasteiger partial charge >= 0.3 is 0 Å². The Morgan fingerprint density at radius 2 is 2.31 bits per heavy atom. The second kappa shape index (κ2) is 3.59. The molecule has 2 aromatic heterocycles. The van der Waals surface area contributed by atoms with Crippen LogP contribution in [0.4, 0.5) is 0 Å². The minimum atomic E-state index is 0.661. The average Bonchev–Trinajstić information content (AvgIpc) is 2.66. The average molecular weight is 215 g/mol. The van der Waals surface area contributed by atoms with Crippen LogP contribution in [0.1, 0.15) is 17.7 Å². The number of likely N-dealkylation sites (N-methyl/N-ethyl adjacent to an activating group) is 1. The van der Waals surface area contributed by atoms with Crippen LogP contribution in [0.2, 0.25) is 0 Å². The van der Waals surface area contributed by atoms with E-state index in [4.69, 9.17) is 0 Å². The summed E-state index contributed by atoms with van der Waals surface area (Å²) in [6, 6.07) is 4.77. The van der Waals surface area contributed by atoms with Gasteiger partial charge in [0.25, 0.3) is 0 Å². The zero-order valence-corrected chi connectivity index (χ0v) is 9.83. The lowest BCUT2D eigenvalue weighted by molar-refractivity contribution is 0.268. The summed E-state index contributed by atoms with van der Waals surface area (Å²) in [6.45, 7) is 0. The molecule has 84 valence electrons. The first kappa shape index (κ1) is 9.85. The van der Waals surface area contributed by atoms with E-state index in [9.17, 15) is 0 Å². The molecule has 0 fully saturated rings. The van der Waals surface area contributed by atoms with Crippen LogP contribution in [-0.4, -0.2) is 35.0 Å². The molecule has 0 spiro atoms. The Morgan fingerprint density at radius 3 is 3.12 bits per heavy atom. The lowest BCUT2D eigenvalue weighted by atomic mass is 9.92. The van der Waals surface area contributed by atoms with Crippen molar-refractivity contribution in [1.82, 2.24) is 14.9 Å². The number of pyridine rings is 1. The normalized spacial score (nSPS) is 20.3. The number of fused-ring (bicyclic) bond motifs is 3. The molecule has 1 unspecified atom stereocenters. The molecular formula is C13H17N3. The summed E-state index contributed by atoms with van der Waals surface area (Å²) in [7, 11) is 4.33. The van der Waals surface area contributed by atoms with Crippen molar-refractivity contribution in [2.45, 2.75) is 25.3 Å². The van der Waals surface area contributed by atoms with Crippen LogP contribution in [0.5, 0.6) is 0 Å². The van der Waals surface area contributed by atoms with E-state index >= 15 is 0 Å². The third-order valence-electron chi connectivity index (χ3n) is 3.64. The Morgan fingerprint density at radius 1 is 1.44 bits per heavy atom. The van der Waals surface area contributed by atoms with Gasteiger partial charge in [-0.05, 0) is 45.5 Å². The molecule has 3 rings (SSSR count). The predicted octanol–water partition coefficient (Wildman–Crippen LogP) is 1.98. The molecule has 0 aliphatic heterocycles. The van der Waals surface area contributed by atoms with Gasteiger partial charge in [0.05, 0.1) is 11.0 Å². The fourth-order valence-corrected chi connectivity index (χ4v) is 2.65. The zero-order chi connectivity index (χ0) is 11.1. The maximum atomic E-state index is 4.50. The van der Waals surface area contributed by atoms with Gasteiger partial charge in [0, 0.05) is 23.5 Å². The monoisotopic (exact) mass is 215 g/mol. The van der Waals surface area contributed by atoms with Gasteiger partial charge in [-0.15, -0.1) is 0 Å². The maximum absolute atomic E-state index is 4.50. The van der Waals surface area contributed by atoms with Crippen molar-refractivity contribution >= 4 is 11.0 Å². The van der Waals surface area contributed by atoms with Crippen molar-refractivity contribution in [1.29, 1.82) is 0 Å². The van der Waals surface area contributed by atoms with Crippen molar-refractivity contribution in [3.05, 3.63) is 29.6 Å². The van der Waals surface area contributed by atoms with E-state index in [2.05, 4.69) is 35.0 Å². The summed E-state index contributed by atoms with van der Waals surface area (Å²) in [6.07, 6.45) is 5.40. The molecule has 2 heterocycles. The molecule has 1 aliphatic rings. The van der Waals surface area contributed by atoms with Crippen LogP contribution in [0, 0.1) is 0 Å². The Kier molecular flexibility index (Phi) is 2.21. The number of aromatic amines is 1. The van der Waals surface area contributed by atoms with Gasteiger partial charge in [-0.2, -0.15) is 0 Å². The highest BCUT2D eigenvalue weighted by Crippen LogP contribution is 2.28. The standard InChI is InChI=1S/C13H17N3/c1-16(2)9-5-6-11-10(8-9)13-12(15-11)4-3-7-14-13/h3-4,7,9,15H,5-6,8H2,1-2H3. The molecule has 0 saturated carbocycles. The first-order valence-electron chi connectivity index (χ1n) is 5.86. The van der Waals surface area contributed by atoms with Gasteiger partial charge < -0.3 is 9.88 Å². The number of aryl methyl sites for hydroxylation is 1. The Hall–Kier alpha value is -1.35. The second-order valence-electron chi connectivity index (χ2n) is 4.84. The van der Waals surface area contributed by atoms with Gasteiger partial charge in [0.2, 0.25) is 0 Å². The first-order chi connectivity index (χ1) is 7.75. The smallest absolute Gasteiger partial charge is 0.0914 e. The fraction of sp³-hybridized carbons (Fsp3) is 0.462. The Labute approximate surface area is 95.5 Å². The SMILES string of the molecule is CN(C)C1CCc2[nH]c3cccnc3c2C1. The van der Waals surface area contributed by atoms with Crippen LogP contribution in [0.3, 0.4) is 0 Å². The molecule has 2 aromatic rings. The summed E-state index contributed by atoms with van der Waals surface area (Å²) in [5.41, 5.74) is 5.18. The van der Waals surface area contributed by atoms with Gasteiger partial charge in [0.1, 0.15) is 0 Å². The fourth-order valence-electron chi connectivity index (χ4n) is 2.65. The predicted molar refractivity (Wildman–Crippen MR) is 65.6 cm³/mol. The first-order valence-corrected chi connectivity index (χ1v) is 5.86. The molecule has 1 aliphatic carbocycles. The van der Waals surface area contributed by atoms with Crippen LogP contribution >= 0.6 is 0 Å². The van der Waals surface area contributed by atoms with Crippen molar-refractivity contribution in [3.8, 4) is 0 Å². The van der Waals surface area contributed by atoms with Crippen LogP contribution in [-0.2, 0) is 12.8 Å². The maximum Gasteiger partial charge on any atom is 0.0914 e. The molecule has 1 N–H and O–H groups in total. The zero-order valence-electron chi connectivity index (χ0n) is 9.83. The molecular weight excluding hydrogens is 198 g/mol. The lowest BCUT2D eigenvalue weighted by Gasteiger charge is -2.28. The van der Waals surface area contributed by atoms with Gasteiger partial charge in [-0.1, -0.05) is 0 Å². The van der Waals surface area contributed by atoms with E-state index in [1.807, 2.05) is 12.3 Å². The second-order valence-corrected chi connectivity index (χ2v) is 4.84. The molecule has 0 amide bonds. The van der Waals surface area contributed by atoms with E-state index in [0.717, 1.165) is 12.8 Å². The van der Waals surface area contributed by atoms with Crippen LogP contribution < -0.4 is 0 Å². The molecule has 1 atom stereocenters.